The van der Waals surface area contributed by atoms with Crippen molar-refractivity contribution in [3.63, 3.8) is 0 Å². The smallest absolute Gasteiger partial charge is 0.219 e. The van der Waals surface area contributed by atoms with Gasteiger partial charge in [-0.3, -0.25) is 0 Å². The van der Waals surface area contributed by atoms with Crippen LogP contribution in [-0.2, 0) is 13.0 Å². The summed E-state index contributed by atoms with van der Waals surface area (Å²) in [5, 5.41) is 0. The van der Waals surface area contributed by atoms with Crippen LogP contribution >= 0.6 is 0 Å². The standard InChI is InChI=1S/C17H22N2O/c1-4-13-5-7-15(8-6-13)20-17-10-14(11-18)9-16(19-17)12(2)3/h5-10,12H,4,11,18H2,1-3H3. The Balaban J connectivity index is 2.24. The van der Waals surface area contributed by atoms with Gasteiger partial charge in [-0.05, 0) is 41.7 Å². The van der Waals surface area contributed by atoms with Crippen LogP contribution in [0.3, 0.4) is 0 Å². The van der Waals surface area contributed by atoms with Crippen LogP contribution in [0.1, 0.15) is 43.5 Å². The minimum Gasteiger partial charge on any atom is -0.439 e. The molecule has 0 saturated heterocycles. The number of aryl methyl sites for hydroxylation is 1. The van der Waals surface area contributed by atoms with Gasteiger partial charge in [0.15, 0.2) is 0 Å². The number of aromatic nitrogens is 1. The summed E-state index contributed by atoms with van der Waals surface area (Å²) >= 11 is 0. The molecule has 0 aliphatic carbocycles. The first-order valence-electron chi connectivity index (χ1n) is 7.10. The van der Waals surface area contributed by atoms with Crippen molar-refractivity contribution in [1.29, 1.82) is 0 Å². The Bertz CT molecular complexity index is 562. The Morgan fingerprint density at radius 3 is 2.35 bits per heavy atom. The average Bonchev–Trinajstić information content (AvgIpc) is 2.47. The molecule has 2 rings (SSSR count). The van der Waals surface area contributed by atoms with Gasteiger partial charge >= 0.3 is 0 Å². The topological polar surface area (TPSA) is 48.1 Å². The number of ether oxygens (including phenoxy) is 1. The molecule has 0 saturated carbocycles. The van der Waals surface area contributed by atoms with E-state index in [2.05, 4.69) is 37.9 Å². The minimum atomic E-state index is 0.353. The predicted octanol–water partition coefficient (Wildman–Crippen LogP) is 4.02. The SMILES string of the molecule is CCc1ccc(Oc2cc(CN)cc(C(C)C)n2)cc1. The molecule has 0 unspecified atom stereocenters. The van der Waals surface area contributed by atoms with Gasteiger partial charge < -0.3 is 10.5 Å². The second kappa shape index (κ2) is 6.53. The Morgan fingerprint density at radius 2 is 1.80 bits per heavy atom. The monoisotopic (exact) mass is 270 g/mol. The molecule has 0 aliphatic rings. The quantitative estimate of drug-likeness (QED) is 0.892. The number of hydrogen-bond donors (Lipinski definition) is 1. The van der Waals surface area contributed by atoms with Crippen molar-refractivity contribution < 1.29 is 4.74 Å². The third kappa shape index (κ3) is 3.58. The summed E-state index contributed by atoms with van der Waals surface area (Å²) in [6, 6.07) is 12.0. The van der Waals surface area contributed by atoms with E-state index in [9.17, 15) is 0 Å². The van der Waals surface area contributed by atoms with Crippen LogP contribution in [-0.4, -0.2) is 4.98 Å². The second-order valence-corrected chi connectivity index (χ2v) is 5.20. The highest BCUT2D eigenvalue weighted by Gasteiger charge is 2.07. The van der Waals surface area contributed by atoms with Gasteiger partial charge in [-0.2, -0.15) is 0 Å². The number of rotatable bonds is 5. The minimum absolute atomic E-state index is 0.353. The van der Waals surface area contributed by atoms with Gasteiger partial charge in [0.2, 0.25) is 5.88 Å². The van der Waals surface area contributed by atoms with Crippen molar-refractivity contribution in [2.75, 3.05) is 0 Å². The largest absolute Gasteiger partial charge is 0.439 e. The maximum atomic E-state index is 5.84. The molecule has 0 bridgehead atoms. The van der Waals surface area contributed by atoms with Gasteiger partial charge in [0.25, 0.3) is 0 Å². The van der Waals surface area contributed by atoms with Crippen LogP contribution in [0.5, 0.6) is 11.6 Å². The Labute approximate surface area is 120 Å². The molecule has 3 heteroatoms. The van der Waals surface area contributed by atoms with Gasteiger partial charge in [0.1, 0.15) is 5.75 Å². The molecule has 0 fully saturated rings. The summed E-state index contributed by atoms with van der Waals surface area (Å²) in [6.07, 6.45) is 1.03. The van der Waals surface area contributed by atoms with Crippen LogP contribution < -0.4 is 10.5 Å². The summed E-state index contributed by atoms with van der Waals surface area (Å²) in [5.41, 5.74) is 9.08. The van der Waals surface area contributed by atoms with Crippen LogP contribution in [0, 0.1) is 0 Å². The molecule has 0 atom stereocenters. The predicted molar refractivity (Wildman–Crippen MR) is 82.1 cm³/mol. The van der Waals surface area contributed by atoms with E-state index in [1.165, 1.54) is 5.56 Å². The molecule has 2 aromatic rings. The zero-order valence-corrected chi connectivity index (χ0v) is 12.4. The number of pyridine rings is 1. The first-order chi connectivity index (χ1) is 9.62. The molecule has 0 aliphatic heterocycles. The van der Waals surface area contributed by atoms with Gasteiger partial charge in [-0.1, -0.05) is 32.9 Å². The van der Waals surface area contributed by atoms with Crippen molar-refractivity contribution in [2.45, 2.75) is 39.7 Å². The van der Waals surface area contributed by atoms with E-state index < -0.39 is 0 Å². The average molecular weight is 270 g/mol. The molecule has 20 heavy (non-hydrogen) atoms. The maximum absolute atomic E-state index is 5.84. The summed E-state index contributed by atoms with van der Waals surface area (Å²) in [6.45, 7) is 6.86. The summed E-state index contributed by atoms with van der Waals surface area (Å²) in [5.74, 6) is 1.77. The third-order valence-electron chi connectivity index (χ3n) is 3.26. The normalized spacial score (nSPS) is 10.8. The van der Waals surface area contributed by atoms with E-state index >= 15 is 0 Å². The Kier molecular flexibility index (Phi) is 4.74. The summed E-state index contributed by atoms with van der Waals surface area (Å²) in [4.78, 5) is 4.54. The van der Waals surface area contributed by atoms with Gasteiger partial charge in [0.05, 0.1) is 0 Å². The van der Waals surface area contributed by atoms with E-state index in [1.807, 2.05) is 24.3 Å². The van der Waals surface area contributed by atoms with E-state index in [0.29, 0.717) is 18.3 Å². The third-order valence-corrected chi connectivity index (χ3v) is 3.26. The lowest BCUT2D eigenvalue weighted by Gasteiger charge is -2.11. The molecule has 0 radical (unpaired) electrons. The molecule has 0 amide bonds. The molecule has 2 N–H and O–H groups in total. The number of nitrogens with zero attached hydrogens (tertiary/aromatic N) is 1. The lowest BCUT2D eigenvalue weighted by atomic mass is 10.1. The fourth-order valence-corrected chi connectivity index (χ4v) is 1.96. The second-order valence-electron chi connectivity index (χ2n) is 5.20. The number of benzene rings is 1. The molecule has 1 aromatic heterocycles. The zero-order valence-electron chi connectivity index (χ0n) is 12.4. The molecular formula is C17H22N2O. The highest BCUT2D eigenvalue weighted by Crippen LogP contribution is 2.24. The van der Waals surface area contributed by atoms with Gasteiger partial charge in [0, 0.05) is 18.3 Å². The highest BCUT2D eigenvalue weighted by atomic mass is 16.5. The molecule has 106 valence electrons. The lowest BCUT2D eigenvalue weighted by molar-refractivity contribution is 0.458. The van der Waals surface area contributed by atoms with Crippen LogP contribution in [0.25, 0.3) is 0 Å². The Hall–Kier alpha value is -1.87. The van der Waals surface area contributed by atoms with Crippen molar-refractivity contribution in [3.8, 4) is 11.6 Å². The van der Waals surface area contributed by atoms with Crippen LogP contribution in [0.2, 0.25) is 0 Å². The van der Waals surface area contributed by atoms with Crippen molar-refractivity contribution in [2.24, 2.45) is 5.73 Å². The van der Waals surface area contributed by atoms with Crippen LogP contribution in [0.4, 0.5) is 0 Å². The van der Waals surface area contributed by atoms with Crippen LogP contribution in [0.15, 0.2) is 36.4 Å². The first-order valence-corrected chi connectivity index (χ1v) is 7.10. The fourth-order valence-electron chi connectivity index (χ4n) is 1.96. The number of nitrogens with two attached hydrogens (primary N) is 1. The van der Waals surface area contributed by atoms with E-state index in [0.717, 1.165) is 23.4 Å². The van der Waals surface area contributed by atoms with E-state index in [1.54, 1.807) is 0 Å². The summed E-state index contributed by atoms with van der Waals surface area (Å²) in [7, 11) is 0. The fraction of sp³-hybridized carbons (Fsp3) is 0.353. The van der Waals surface area contributed by atoms with Crippen molar-refractivity contribution >= 4 is 0 Å². The van der Waals surface area contributed by atoms with Crippen molar-refractivity contribution in [3.05, 3.63) is 53.2 Å². The maximum Gasteiger partial charge on any atom is 0.219 e. The zero-order chi connectivity index (χ0) is 14.5. The first kappa shape index (κ1) is 14.5. The van der Waals surface area contributed by atoms with Gasteiger partial charge in [-0.25, -0.2) is 4.98 Å². The highest BCUT2D eigenvalue weighted by molar-refractivity contribution is 5.33. The number of hydrogen-bond acceptors (Lipinski definition) is 3. The van der Waals surface area contributed by atoms with E-state index in [-0.39, 0.29) is 0 Å². The van der Waals surface area contributed by atoms with Gasteiger partial charge in [-0.15, -0.1) is 0 Å². The molecule has 0 spiro atoms. The van der Waals surface area contributed by atoms with E-state index in [4.69, 9.17) is 10.5 Å². The lowest BCUT2D eigenvalue weighted by Crippen LogP contribution is -2.02. The summed E-state index contributed by atoms with van der Waals surface area (Å²) < 4.78 is 5.84. The van der Waals surface area contributed by atoms with Crippen molar-refractivity contribution in [1.82, 2.24) is 4.98 Å². The molecule has 3 nitrogen and oxygen atoms in total. The molecule has 1 aromatic carbocycles. The molecular weight excluding hydrogens is 248 g/mol. The molecule has 1 heterocycles. The Morgan fingerprint density at radius 1 is 1.10 bits per heavy atom.